The van der Waals surface area contributed by atoms with E-state index in [0.29, 0.717) is 11.5 Å². The molecule has 1 aromatic heterocycles. The van der Waals surface area contributed by atoms with E-state index in [1.807, 2.05) is 49.4 Å². The molecule has 0 bridgehead atoms. The number of likely N-dealkylation sites (N-methyl/N-ethyl adjacent to an activating group) is 1. The lowest BCUT2D eigenvalue weighted by Crippen LogP contribution is -3.10. The molecule has 1 N–H and O–H groups in total. The number of ether oxygens (including phenoxy) is 4. The molecule has 0 amide bonds. The Morgan fingerprint density at radius 1 is 1.11 bits per heavy atom. The van der Waals surface area contributed by atoms with E-state index in [9.17, 15) is 0 Å². The van der Waals surface area contributed by atoms with Crippen LogP contribution in [0, 0.1) is 18.8 Å². The third-order valence-electron chi connectivity index (χ3n) is 6.68. The van der Waals surface area contributed by atoms with E-state index in [0.717, 1.165) is 52.3 Å². The van der Waals surface area contributed by atoms with Crippen molar-refractivity contribution in [3.8, 4) is 40.5 Å². The van der Waals surface area contributed by atoms with Gasteiger partial charge in [-0.3, -0.25) is 0 Å². The Morgan fingerprint density at radius 3 is 2.69 bits per heavy atom. The van der Waals surface area contributed by atoms with Gasteiger partial charge >= 0.3 is 0 Å². The zero-order valence-corrected chi connectivity index (χ0v) is 20.5. The summed E-state index contributed by atoms with van der Waals surface area (Å²) in [5.74, 6) is 9.48. The fourth-order valence-corrected chi connectivity index (χ4v) is 4.85. The first-order valence-corrected chi connectivity index (χ1v) is 12.0. The Morgan fingerprint density at radius 2 is 1.92 bits per heavy atom. The van der Waals surface area contributed by atoms with Crippen molar-refractivity contribution >= 4 is 11.0 Å². The third kappa shape index (κ3) is 3.88. The Kier molecular flexibility index (Phi) is 5.62. The minimum Gasteiger partial charge on any atom is -0.492 e. The third-order valence-corrected chi connectivity index (χ3v) is 6.68. The summed E-state index contributed by atoms with van der Waals surface area (Å²) < 4.78 is 23.2. The first kappa shape index (κ1) is 22.3. The largest absolute Gasteiger partial charge is 0.492 e. The average Bonchev–Trinajstić information content (AvgIpc) is 3.54. The van der Waals surface area contributed by atoms with Gasteiger partial charge < -0.3 is 23.8 Å². The second kappa shape index (κ2) is 9.10. The maximum absolute atomic E-state index is 6.13. The number of quaternary nitrogens is 1. The van der Waals surface area contributed by atoms with Crippen LogP contribution in [0.1, 0.15) is 22.7 Å². The van der Waals surface area contributed by atoms with Gasteiger partial charge in [0.1, 0.15) is 29.1 Å². The molecular weight excluding hydrogens is 456 g/mol. The van der Waals surface area contributed by atoms with Gasteiger partial charge in [0.05, 0.1) is 26.3 Å². The van der Waals surface area contributed by atoms with E-state index >= 15 is 0 Å². The number of fused-ring (bicyclic) bond motifs is 3. The second-order valence-corrected chi connectivity index (χ2v) is 9.05. The number of rotatable bonds is 4. The Balaban J connectivity index is 1.27. The minimum atomic E-state index is -0.0580. The van der Waals surface area contributed by atoms with Crippen LogP contribution in [0.15, 0.2) is 48.5 Å². The van der Waals surface area contributed by atoms with Crippen molar-refractivity contribution in [1.29, 1.82) is 0 Å². The predicted octanol–water partition coefficient (Wildman–Crippen LogP) is 2.66. The van der Waals surface area contributed by atoms with Gasteiger partial charge in [0.25, 0.3) is 0 Å². The highest BCUT2D eigenvalue weighted by atomic mass is 16.7. The average molecular weight is 484 g/mol. The smallest absolute Gasteiger partial charge is 0.231 e. The zero-order chi connectivity index (χ0) is 24.6. The van der Waals surface area contributed by atoms with Gasteiger partial charge in [-0.15, -0.1) is 15.0 Å². The predicted molar refractivity (Wildman–Crippen MR) is 134 cm³/mol. The summed E-state index contributed by atoms with van der Waals surface area (Å²) in [6.45, 7) is 3.45. The van der Waals surface area contributed by atoms with E-state index in [2.05, 4.69) is 35.2 Å². The Bertz CT molecular complexity index is 1480. The molecule has 1 unspecified atom stereocenters. The first-order valence-electron chi connectivity index (χ1n) is 12.0. The van der Waals surface area contributed by atoms with Crippen LogP contribution < -0.4 is 23.8 Å². The minimum absolute atomic E-state index is 0.0580. The quantitative estimate of drug-likeness (QED) is 0.450. The number of nitrogens with zero attached hydrogens (tertiary/aromatic N) is 3. The van der Waals surface area contributed by atoms with Gasteiger partial charge in [0.15, 0.2) is 17.5 Å². The summed E-state index contributed by atoms with van der Waals surface area (Å²) in [5.41, 5.74) is 5.82. The molecule has 0 saturated heterocycles. The van der Waals surface area contributed by atoms with Crippen molar-refractivity contribution in [2.75, 3.05) is 34.1 Å². The molecule has 2 atom stereocenters. The molecule has 8 nitrogen and oxygen atoms in total. The van der Waals surface area contributed by atoms with E-state index in [1.54, 1.807) is 11.9 Å². The molecule has 3 heterocycles. The maximum Gasteiger partial charge on any atom is 0.231 e. The van der Waals surface area contributed by atoms with E-state index in [-0.39, 0.29) is 19.4 Å². The fourth-order valence-electron chi connectivity index (χ4n) is 4.85. The first-order chi connectivity index (χ1) is 17.6. The van der Waals surface area contributed by atoms with Crippen molar-refractivity contribution in [2.24, 2.45) is 0 Å². The lowest BCUT2D eigenvalue weighted by molar-refractivity contribution is -0.905. The van der Waals surface area contributed by atoms with Crippen LogP contribution in [0.25, 0.3) is 16.7 Å². The molecule has 182 valence electrons. The van der Waals surface area contributed by atoms with Gasteiger partial charge in [-0.25, -0.2) is 0 Å². The van der Waals surface area contributed by atoms with Crippen LogP contribution in [-0.4, -0.2) is 49.1 Å². The number of hydrogen-bond acceptors (Lipinski definition) is 6. The Hall–Kier alpha value is -4.22. The normalized spacial score (nSPS) is 17.9. The van der Waals surface area contributed by atoms with Crippen LogP contribution in [0.4, 0.5) is 0 Å². The van der Waals surface area contributed by atoms with Crippen molar-refractivity contribution < 1.29 is 23.8 Å². The summed E-state index contributed by atoms with van der Waals surface area (Å²) >= 11 is 0. The summed E-state index contributed by atoms with van der Waals surface area (Å²) in [4.78, 5) is 2.93. The second-order valence-electron chi connectivity index (χ2n) is 9.05. The topological polar surface area (TPSA) is 72.1 Å². The lowest BCUT2D eigenvalue weighted by atomic mass is 9.91. The molecule has 0 aliphatic carbocycles. The van der Waals surface area contributed by atoms with E-state index in [4.69, 9.17) is 18.9 Å². The standard InChI is InChI=1S/C28H26N4O4/c1-18-10-11-24(23(15-18)32-29-20-7-4-5-8-21(20)30-32)34-14-6-9-22-26-19(12-13-31(22)2)16-25-27(28(26)33-3)36-17-35-25/h4-5,7-8,10-11,15-16,22H,12-14,17H2,1-3H3/p+1/t22-/m0/s1. The molecule has 0 fully saturated rings. The molecule has 0 saturated carbocycles. The van der Waals surface area contributed by atoms with E-state index in [1.165, 1.54) is 10.5 Å². The highest BCUT2D eigenvalue weighted by molar-refractivity contribution is 5.73. The van der Waals surface area contributed by atoms with E-state index < -0.39 is 0 Å². The zero-order valence-electron chi connectivity index (χ0n) is 20.5. The molecule has 6 rings (SSSR count). The van der Waals surface area contributed by atoms with Crippen LogP contribution in [0.2, 0.25) is 0 Å². The summed E-state index contributed by atoms with van der Waals surface area (Å²) in [5, 5.41) is 9.24. The number of benzene rings is 3. The molecule has 8 heteroatoms. The monoisotopic (exact) mass is 483 g/mol. The summed E-state index contributed by atoms with van der Waals surface area (Å²) in [6.07, 6.45) is 0.931. The molecule has 2 aliphatic heterocycles. The maximum atomic E-state index is 6.13. The molecule has 36 heavy (non-hydrogen) atoms. The molecule has 3 aromatic carbocycles. The van der Waals surface area contributed by atoms with Crippen molar-refractivity contribution in [1.82, 2.24) is 15.0 Å². The number of aryl methyl sites for hydroxylation is 1. The van der Waals surface area contributed by atoms with Gasteiger partial charge in [0, 0.05) is 6.42 Å². The van der Waals surface area contributed by atoms with Gasteiger partial charge in [-0.2, -0.15) is 0 Å². The van der Waals surface area contributed by atoms with Gasteiger partial charge in [0.2, 0.25) is 12.5 Å². The highest BCUT2D eigenvalue weighted by Crippen LogP contribution is 2.47. The van der Waals surface area contributed by atoms with Crippen LogP contribution in [-0.2, 0) is 6.42 Å². The van der Waals surface area contributed by atoms with Crippen LogP contribution >= 0.6 is 0 Å². The SMILES string of the molecule is COc1c2c(cc3c1[C@H](C#CCOc1ccc(C)cc1-n1nc4ccccc4n1)[NH+](C)CC3)OCO2. The van der Waals surface area contributed by atoms with Gasteiger partial charge in [-0.1, -0.05) is 24.1 Å². The molecule has 0 radical (unpaired) electrons. The van der Waals surface area contributed by atoms with Gasteiger partial charge in [-0.05, 0) is 54.3 Å². The number of nitrogens with one attached hydrogen (secondary N) is 1. The van der Waals surface area contributed by atoms with Crippen LogP contribution in [0.3, 0.4) is 0 Å². The Labute approximate surface area is 209 Å². The number of hydrogen-bond donors (Lipinski definition) is 1. The molecule has 4 aromatic rings. The van der Waals surface area contributed by atoms with Crippen LogP contribution in [0.5, 0.6) is 23.0 Å². The van der Waals surface area contributed by atoms with Crippen molar-refractivity contribution in [3.63, 3.8) is 0 Å². The van der Waals surface area contributed by atoms with Crippen molar-refractivity contribution in [2.45, 2.75) is 19.4 Å². The molecule has 2 aliphatic rings. The number of aromatic nitrogens is 3. The summed E-state index contributed by atoms with van der Waals surface area (Å²) in [7, 11) is 3.82. The fraction of sp³-hybridized carbons (Fsp3) is 0.286. The van der Waals surface area contributed by atoms with Crippen molar-refractivity contribution in [3.05, 3.63) is 65.2 Å². The lowest BCUT2D eigenvalue weighted by Gasteiger charge is -2.30. The molecular formula is C28H27N4O4+. The number of methoxy groups -OCH3 is 1. The summed E-state index contributed by atoms with van der Waals surface area (Å²) in [6, 6.07) is 15.8. The molecule has 0 spiro atoms. The highest BCUT2D eigenvalue weighted by Gasteiger charge is 2.35.